The van der Waals surface area contributed by atoms with Gasteiger partial charge >= 0.3 is 5.97 Å². The van der Waals surface area contributed by atoms with Crippen LogP contribution in [-0.4, -0.2) is 25.7 Å². The molecular weight excluding hydrogens is 348 g/mol. The molecule has 2 aromatic heterocycles. The maximum atomic E-state index is 11.0. The van der Waals surface area contributed by atoms with Gasteiger partial charge in [0.05, 0.1) is 16.1 Å². The zero-order valence-corrected chi connectivity index (χ0v) is 13.0. The second-order valence-electron chi connectivity index (χ2n) is 4.64. The maximum Gasteiger partial charge on any atom is 0.354 e. The highest BCUT2D eigenvalue weighted by Gasteiger charge is 2.17. The van der Waals surface area contributed by atoms with Crippen LogP contribution in [-0.2, 0) is 0 Å². The molecule has 0 radical (unpaired) electrons. The minimum atomic E-state index is -1.10. The second kappa shape index (κ2) is 5.24. The lowest BCUT2D eigenvalue weighted by molar-refractivity contribution is 0.0690. The van der Waals surface area contributed by atoms with Crippen molar-refractivity contribution in [2.75, 3.05) is 0 Å². The van der Waals surface area contributed by atoms with E-state index in [1.807, 2.05) is 13.0 Å². The van der Waals surface area contributed by atoms with Crippen LogP contribution in [0.3, 0.4) is 0 Å². The molecule has 0 saturated carbocycles. The summed E-state index contributed by atoms with van der Waals surface area (Å²) in [5.74, 6) is -1.10. The van der Waals surface area contributed by atoms with E-state index in [0.29, 0.717) is 21.4 Å². The van der Waals surface area contributed by atoms with Gasteiger partial charge in [-0.15, -0.1) is 0 Å². The number of carboxylic acid groups (broad SMARTS) is 1. The molecular formula is C15H9BrN4O2. The van der Waals surface area contributed by atoms with Crippen molar-refractivity contribution >= 4 is 27.5 Å². The van der Waals surface area contributed by atoms with Gasteiger partial charge in [-0.2, -0.15) is 10.4 Å². The number of benzene rings is 1. The number of carbonyl (C=O) groups is 1. The third-order valence-corrected chi connectivity index (χ3v) is 4.09. The molecule has 22 heavy (non-hydrogen) atoms. The van der Waals surface area contributed by atoms with E-state index < -0.39 is 5.97 Å². The van der Waals surface area contributed by atoms with Gasteiger partial charge in [-0.3, -0.25) is 0 Å². The molecule has 0 atom stereocenters. The maximum absolute atomic E-state index is 11.0. The summed E-state index contributed by atoms with van der Waals surface area (Å²) >= 11 is 3.43. The van der Waals surface area contributed by atoms with Crippen molar-refractivity contribution in [1.29, 1.82) is 5.26 Å². The summed E-state index contributed by atoms with van der Waals surface area (Å²) in [7, 11) is 0. The van der Waals surface area contributed by atoms with Gasteiger partial charge < -0.3 is 5.11 Å². The summed E-state index contributed by atoms with van der Waals surface area (Å²) in [6.45, 7) is 1.85. The standard InChI is InChI=1S/C15H9BrN4O2/c1-8-9(7-17)3-2-4-10(8)13-12(16)14-18-11(15(21)22)5-6-20(14)19-13/h2-6H,1H3,(H,21,22). The Kier molecular flexibility index (Phi) is 3.39. The third kappa shape index (κ3) is 2.14. The molecule has 3 aromatic rings. The van der Waals surface area contributed by atoms with E-state index in [9.17, 15) is 4.79 Å². The molecule has 7 heteroatoms. The smallest absolute Gasteiger partial charge is 0.354 e. The topological polar surface area (TPSA) is 91.3 Å². The summed E-state index contributed by atoms with van der Waals surface area (Å²) in [5.41, 5.74) is 3.16. The number of hydrogen-bond acceptors (Lipinski definition) is 4. The Morgan fingerprint density at radius 3 is 2.86 bits per heavy atom. The molecule has 3 rings (SSSR count). The van der Waals surface area contributed by atoms with E-state index in [-0.39, 0.29) is 5.69 Å². The molecule has 0 aliphatic rings. The molecule has 0 amide bonds. The Morgan fingerprint density at radius 1 is 1.41 bits per heavy atom. The first-order valence-corrected chi connectivity index (χ1v) is 7.10. The van der Waals surface area contributed by atoms with Crippen LogP contribution in [0.15, 0.2) is 34.9 Å². The van der Waals surface area contributed by atoms with Crippen molar-refractivity contribution in [2.45, 2.75) is 6.92 Å². The molecule has 1 aromatic carbocycles. The predicted octanol–water partition coefficient (Wildman–Crippen LogP) is 3.04. The highest BCUT2D eigenvalue weighted by atomic mass is 79.9. The minimum Gasteiger partial charge on any atom is -0.477 e. The van der Waals surface area contributed by atoms with Crippen LogP contribution in [0.4, 0.5) is 0 Å². The molecule has 0 bridgehead atoms. The van der Waals surface area contributed by atoms with Crippen LogP contribution >= 0.6 is 15.9 Å². The Morgan fingerprint density at radius 2 is 2.18 bits per heavy atom. The molecule has 0 saturated heterocycles. The summed E-state index contributed by atoms with van der Waals surface area (Å²) in [6.07, 6.45) is 1.55. The Hall–Kier alpha value is -2.72. The fourth-order valence-electron chi connectivity index (χ4n) is 2.21. The monoisotopic (exact) mass is 356 g/mol. The first-order chi connectivity index (χ1) is 10.5. The van der Waals surface area contributed by atoms with Gasteiger partial charge in [-0.1, -0.05) is 12.1 Å². The van der Waals surface area contributed by atoms with Crippen molar-refractivity contribution in [1.82, 2.24) is 14.6 Å². The van der Waals surface area contributed by atoms with E-state index >= 15 is 0 Å². The third-order valence-electron chi connectivity index (χ3n) is 3.36. The Balaban J connectivity index is 2.27. The summed E-state index contributed by atoms with van der Waals surface area (Å²) in [6, 6.07) is 8.91. The molecule has 108 valence electrons. The van der Waals surface area contributed by atoms with Crippen molar-refractivity contribution in [3.8, 4) is 17.3 Å². The fraction of sp³-hybridized carbons (Fsp3) is 0.0667. The second-order valence-corrected chi connectivity index (χ2v) is 5.43. The molecule has 6 nitrogen and oxygen atoms in total. The van der Waals surface area contributed by atoms with Crippen LogP contribution in [0.25, 0.3) is 16.9 Å². The van der Waals surface area contributed by atoms with Crippen LogP contribution < -0.4 is 0 Å². The molecule has 0 aliphatic heterocycles. The minimum absolute atomic E-state index is 0.0536. The summed E-state index contributed by atoms with van der Waals surface area (Å²) < 4.78 is 2.10. The number of carboxylic acids is 1. The lowest BCUT2D eigenvalue weighted by Gasteiger charge is -2.04. The first kappa shape index (κ1) is 14.2. The highest BCUT2D eigenvalue weighted by Crippen LogP contribution is 2.33. The van der Waals surface area contributed by atoms with E-state index in [4.69, 9.17) is 10.4 Å². The lowest BCUT2D eigenvalue weighted by Crippen LogP contribution is -2.02. The Bertz CT molecular complexity index is 956. The zero-order chi connectivity index (χ0) is 15.9. The van der Waals surface area contributed by atoms with Crippen molar-refractivity contribution in [3.63, 3.8) is 0 Å². The van der Waals surface area contributed by atoms with E-state index in [1.54, 1.807) is 18.3 Å². The number of aromatic nitrogens is 3. The van der Waals surface area contributed by atoms with Crippen LogP contribution in [0.1, 0.15) is 21.6 Å². The van der Waals surface area contributed by atoms with Crippen molar-refractivity contribution in [2.24, 2.45) is 0 Å². The number of fused-ring (bicyclic) bond motifs is 1. The van der Waals surface area contributed by atoms with Crippen molar-refractivity contribution in [3.05, 3.63) is 51.8 Å². The van der Waals surface area contributed by atoms with Crippen LogP contribution in [0.2, 0.25) is 0 Å². The molecule has 0 unspecified atom stereocenters. The normalized spacial score (nSPS) is 10.6. The SMILES string of the molecule is Cc1c(C#N)cccc1-c1nn2ccc(C(=O)O)nc2c1Br. The molecule has 2 heterocycles. The summed E-state index contributed by atoms with van der Waals surface area (Å²) in [4.78, 5) is 15.1. The first-order valence-electron chi connectivity index (χ1n) is 6.31. The van der Waals surface area contributed by atoms with E-state index in [1.165, 1.54) is 10.6 Å². The quantitative estimate of drug-likeness (QED) is 0.761. The predicted molar refractivity (Wildman–Crippen MR) is 82.5 cm³/mol. The number of nitriles is 1. The van der Waals surface area contributed by atoms with Gasteiger partial charge in [0.15, 0.2) is 11.3 Å². The number of rotatable bonds is 2. The van der Waals surface area contributed by atoms with Gasteiger partial charge in [0, 0.05) is 11.8 Å². The molecule has 0 spiro atoms. The van der Waals surface area contributed by atoms with Crippen LogP contribution in [0.5, 0.6) is 0 Å². The van der Waals surface area contributed by atoms with Gasteiger partial charge in [-0.05, 0) is 40.5 Å². The van der Waals surface area contributed by atoms with Crippen molar-refractivity contribution < 1.29 is 9.90 Å². The molecule has 0 aliphatic carbocycles. The lowest BCUT2D eigenvalue weighted by atomic mass is 10.0. The highest BCUT2D eigenvalue weighted by molar-refractivity contribution is 9.10. The van der Waals surface area contributed by atoms with Gasteiger partial charge in [0.2, 0.25) is 0 Å². The van der Waals surface area contributed by atoms with Gasteiger partial charge in [0.25, 0.3) is 0 Å². The van der Waals surface area contributed by atoms with E-state index in [0.717, 1.165) is 11.1 Å². The average Bonchev–Trinajstić information content (AvgIpc) is 2.84. The number of aromatic carboxylic acids is 1. The zero-order valence-electron chi connectivity index (χ0n) is 11.4. The number of nitrogens with zero attached hydrogens (tertiary/aromatic N) is 4. The fourth-order valence-corrected chi connectivity index (χ4v) is 2.77. The van der Waals surface area contributed by atoms with Gasteiger partial charge in [0.1, 0.15) is 5.69 Å². The molecule has 0 fully saturated rings. The Labute approximate surface area is 133 Å². The largest absolute Gasteiger partial charge is 0.477 e. The summed E-state index contributed by atoms with van der Waals surface area (Å²) in [5, 5.41) is 22.6. The number of hydrogen-bond donors (Lipinski definition) is 1. The average molecular weight is 357 g/mol. The van der Waals surface area contributed by atoms with Crippen LogP contribution in [0, 0.1) is 18.3 Å². The van der Waals surface area contributed by atoms with Gasteiger partial charge in [-0.25, -0.2) is 14.3 Å². The number of halogens is 1. The molecule has 1 N–H and O–H groups in total. The van der Waals surface area contributed by atoms with E-state index in [2.05, 4.69) is 32.1 Å².